The highest BCUT2D eigenvalue weighted by molar-refractivity contribution is 7.56. The predicted molar refractivity (Wildman–Crippen MR) is 63.4 cm³/mol. The SMILES string of the molecule is O=P1(O)C=Cc2c(ccc3ccccc23)O1. The van der Waals surface area contributed by atoms with Crippen LogP contribution in [0, 0.1) is 0 Å². The van der Waals surface area contributed by atoms with Gasteiger partial charge in [0.05, 0.1) is 0 Å². The maximum Gasteiger partial charge on any atom is 0.401 e. The first-order valence-corrected chi connectivity index (χ1v) is 6.53. The van der Waals surface area contributed by atoms with E-state index in [0.717, 1.165) is 16.3 Å². The third-order valence-corrected chi connectivity index (χ3v) is 3.57. The molecule has 1 heterocycles. The van der Waals surface area contributed by atoms with E-state index in [-0.39, 0.29) is 0 Å². The molecule has 0 amide bonds. The van der Waals surface area contributed by atoms with Crippen LogP contribution in [0.2, 0.25) is 0 Å². The molecule has 2 aromatic rings. The van der Waals surface area contributed by atoms with Crippen molar-refractivity contribution in [1.82, 2.24) is 0 Å². The Bertz CT molecular complexity index is 646. The summed E-state index contributed by atoms with van der Waals surface area (Å²) in [6.07, 6.45) is 1.65. The molecule has 0 saturated heterocycles. The molecule has 1 unspecified atom stereocenters. The zero-order valence-corrected chi connectivity index (χ0v) is 9.22. The fourth-order valence-electron chi connectivity index (χ4n) is 1.87. The molecular weight excluding hydrogens is 223 g/mol. The van der Waals surface area contributed by atoms with Crippen molar-refractivity contribution in [2.24, 2.45) is 0 Å². The summed E-state index contributed by atoms with van der Waals surface area (Å²) in [4.78, 5) is 9.34. The van der Waals surface area contributed by atoms with E-state index in [9.17, 15) is 9.46 Å². The van der Waals surface area contributed by atoms with Gasteiger partial charge in [0, 0.05) is 11.4 Å². The van der Waals surface area contributed by atoms with E-state index in [4.69, 9.17) is 4.52 Å². The van der Waals surface area contributed by atoms with Gasteiger partial charge in [-0.2, -0.15) is 0 Å². The topological polar surface area (TPSA) is 46.5 Å². The van der Waals surface area contributed by atoms with E-state index in [1.807, 2.05) is 30.3 Å². The van der Waals surface area contributed by atoms with Crippen molar-refractivity contribution < 1.29 is 14.0 Å². The zero-order chi connectivity index (χ0) is 11.2. The lowest BCUT2D eigenvalue weighted by atomic mass is 10.0. The van der Waals surface area contributed by atoms with Crippen LogP contribution in [0.1, 0.15) is 5.56 Å². The molecule has 1 atom stereocenters. The van der Waals surface area contributed by atoms with Crippen molar-refractivity contribution in [3.63, 3.8) is 0 Å². The highest BCUT2D eigenvalue weighted by atomic mass is 31.2. The molecule has 1 aliphatic rings. The monoisotopic (exact) mass is 232 g/mol. The van der Waals surface area contributed by atoms with Crippen LogP contribution in [-0.4, -0.2) is 4.89 Å². The Labute approximate surface area is 92.5 Å². The summed E-state index contributed by atoms with van der Waals surface area (Å²) in [7, 11) is -3.58. The van der Waals surface area contributed by atoms with Crippen LogP contribution in [0.25, 0.3) is 16.8 Å². The van der Waals surface area contributed by atoms with Gasteiger partial charge in [-0.3, -0.25) is 0 Å². The normalized spacial score (nSPS) is 22.8. The zero-order valence-electron chi connectivity index (χ0n) is 8.33. The number of benzene rings is 2. The average molecular weight is 232 g/mol. The van der Waals surface area contributed by atoms with Crippen LogP contribution in [0.15, 0.2) is 42.2 Å². The molecule has 1 aliphatic heterocycles. The summed E-state index contributed by atoms with van der Waals surface area (Å²) < 4.78 is 16.4. The Kier molecular flexibility index (Phi) is 1.93. The van der Waals surface area contributed by atoms with Gasteiger partial charge < -0.3 is 9.42 Å². The summed E-state index contributed by atoms with van der Waals surface area (Å²) in [5.41, 5.74) is 0.860. The summed E-state index contributed by atoms with van der Waals surface area (Å²) in [5.74, 6) is 1.69. The highest BCUT2D eigenvalue weighted by Crippen LogP contribution is 2.50. The molecule has 3 rings (SSSR count). The van der Waals surface area contributed by atoms with Crippen molar-refractivity contribution in [2.75, 3.05) is 0 Å². The first-order chi connectivity index (χ1) is 7.66. The molecule has 80 valence electrons. The van der Waals surface area contributed by atoms with E-state index < -0.39 is 7.60 Å². The Hall–Kier alpha value is -1.57. The lowest BCUT2D eigenvalue weighted by Crippen LogP contribution is -1.96. The van der Waals surface area contributed by atoms with Gasteiger partial charge in [-0.05, 0) is 22.9 Å². The Balaban J connectivity index is 2.33. The Morgan fingerprint density at radius 1 is 1.12 bits per heavy atom. The molecule has 0 aliphatic carbocycles. The first kappa shape index (κ1) is 9.64. The molecule has 0 fully saturated rings. The van der Waals surface area contributed by atoms with Gasteiger partial charge in [0.2, 0.25) is 0 Å². The molecule has 4 heteroatoms. The summed E-state index contributed by atoms with van der Waals surface area (Å²) in [5, 5.41) is 2.11. The first-order valence-electron chi connectivity index (χ1n) is 4.89. The minimum absolute atomic E-state index is 0.465. The van der Waals surface area contributed by atoms with Gasteiger partial charge in [-0.25, -0.2) is 4.57 Å². The molecule has 3 nitrogen and oxygen atoms in total. The molecule has 0 spiro atoms. The summed E-state index contributed by atoms with van der Waals surface area (Å²) in [6.45, 7) is 0. The van der Waals surface area contributed by atoms with Crippen LogP contribution in [0.4, 0.5) is 0 Å². The van der Waals surface area contributed by atoms with E-state index in [1.54, 1.807) is 12.1 Å². The van der Waals surface area contributed by atoms with Crippen molar-refractivity contribution in [3.05, 3.63) is 47.8 Å². The van der Waals surface area contributed by atoms with Gasteiger partial charge in [0.25, 0.3) is 0 Å². The minimum atomic E-state index is -3.58. The molecule has 0 radical (unpaired) electrons. The molecule has 0 bridgehead atoms. The standard InChI is InChI=1S/C12H9O3P/c13-16(14)8-7-11-10-4-2-1-3-9(10)5-6-12(11)15-16/h1-8H,(H,13,14). The van der Waals surface area contributed by atoms with Crippen LogP contribution in [0.3, 0.4) is 0 Å². The third-order valence-electron chi connectivity index (χ3n) is 2.59. The van der Waals surface area contributed by atoms with Gasteiger partial charge >= 0.3 is 7.60 Å². The second-order valence-corrected chi connectivity index (χ2v) is 5.28. The Morgan fingerprint density at radius 3 is 2.81 bits per heavy atom. The molecule has 2 aromatic carbocycles. The van der Waals surface area contributed by atoms with Crippen LogP contribution < -0.4 is 4.52 Å². The molecule has 1 N–H and O–H groups in total. The highest BCUT2D eigenvalue weighted by Gasteiger charge is 2.23. The Morgan fingerprint density at radius 2 is 1.94 bits per heavy atom. The van der Waals surface area contributed by atoms with Crippen molar-refractivity contribution in [2.45, 2.75) is 0 Å². The van der Waals surface area contributed by atoms with Crippen molar-refractivity contribution in [3.8, 4) is 5.75 Å². The van der Waals surface area contributed by atoms with Gasteiger partial charge in [0.15, 0.2) is 0 Å². The van der Waals surface area contributed by atoms with Gasteiger partial charge in [-0.1, -0.05) is 30.3 Å². The smallest absolute Gasteiger partial charge is 0.401 e. The third kappa shape index (κ3) is 1.45. The van der Waals surface area contributed by atoms with E-state index >= 15 is 0 Å². The second kappa shape index (κ2) is 3.21. The van der Waals surface area contributed by atoms with Crippen LogP contribution in [-0.2, 0) is 4.57 Å². The maximum absolute atomic E-state index is 11.4. The van der Waals surface area contributed by atoms with Crippen LogP contribution in [0.5, 0.6) is 5.75 Å². The average Bonchev–Trinajstić information content (AvgIpc) is 2.27. The maximum atomic E-state index is 11.4. The number of hydrogen-bond acceptors (Lipinski definition) is 2. The van der Waals surface area contributed by atoms with Crippen LogP contribution >= 0.6 is 7.60 Å². The lowest BCUT2D eigenvalue weighted by molar-refractivity contribution is 0.391. The number of fused-ring (bicyclic) bond motifs is 3. The fraction of sp³-hybridized carbons (Fsp3) is 0. The molecule has 16 heavy (non-hydrogen) atoms. The second-order valence-electron chi connectivity index (χ2n) is 3.67. The van der Waals surface area contributed by atoms with E-state index in [2.05, 4.69) is 0 Å². The quantitative estimate of drug-likeness (QED) is 0.708. The minimum Gasteiger partial charge on any atom is -0.421 e. The lowest BCUT2D eigenvalue weighted by Gasteiger charge is -2.17. The largest absolute Gasteiger partial charge is 0.421 e. The fourth-order valence-corrected chi connectivity index (χ4v) is 2.71. The van der Waals surface area contributed by atoms with Crippen molar-refractivity contribution >= 4 is 24.4 Å². The van der Waals surface area contributed by atoms with Gasteiger partial charge in [0.1, 0.15) is 5.75 Å². The van der Waals surface area contributed by atoms with E-state index in [1.165, 1.54) is 5.82 Å². The molecular formula is C12H9O3P. The summed E-state index contributed by atoms with van der Waals surface area (Å²) >= 11 is 0. The van der Waals surface area contributed by atoms with E-state index in [0.29, 0.717) is 5.75 Å². The number of rotatable bonds is 0. The number of hydrogen-bond donors (Lipinski definition) is 1. The van der Waals surface area contributed by atoms with Crippen molar-refractivity contribution in [1.29, 1.82) is 0 Å². The van der Waals surface area contributed by atoms with Gasteiger partial charge in [-0.15, -0.1) is 0 Å². The molecule has 0 aromatic heterocycles. The molecule has 0 saturated carbocycles. The predicted octanol–water partition coefficient (Wildman–Crippen LogP) is 3.39. The summed E-state index contributed by atoms with van der Waals surface area (Å²) in [6, 6.07) is 11.5.